The summed E-state index contributed by atoms with van der Waals surface area (Å²) in [6.07, 6.45) is 5.17. The van der Waals surface area contributed by atoms with Gasteiger partial charge in [0, 0.05) is 48.5 Å². The van der Waals surface area contributed by atoms with Crippen LogP contribution in [0.2, 0.25) is 0 Å². The van der Waals surface area contributed by atoms with E-state index in [4.69, 9.17) is 10.5 Å². The summed E-state index contributed by atoms with van der Waals surface area (Å²) in [6, 6.07) is 16.3. The average molecular weight is 471 g/mol. The standard InChI is InChI=1S/C27H26N4O2S/c1-18-31-24(17-34-18)21-4-2-3-19(13-21)14-25(32)27(9-11-33-12-10-27)23-7-5-20(6-8-23)22-15-29-26(28)30-16-22/h2-8,13,15-17H,9-12,14H2,1H3,(H2,28,29,30). The topological polar surface area (TPSA) is 91.0 Å². The third-order valence-corrected chi connectivity index (χ3v) is 7.30. The molecule has 172 valence electrons. The van der Waals surface area contributed by atoms with E-state index in [9.17, 15) is 4.79 Å². The highest BCUT2D eigenvalue weighted by atomic mass is 32.1. The third-order valence-electron chi connectivity index (χ3n) is 6.53. The fourth-order valence-electron chi connectivity index (χ4n) is 4.61. The predicted octanol–water partition coefficient (Wildman–Crippen LogP) is 5.02. The summed E-state index contributed by atoms with van der Waals surface area (Å²) in [7, 11) is 0. The number of nitrogen functional groups attached to an aromatic ring is 1. The second kappa shape index (κ2) is 9.44. The Bertz CT molecular complexity index is 1290. The summed E-state index contributed by atoms with van der Waals surface area (Å²) in [5.41, 5.74) is 11.0. The zero-order valence-corrected chi connectivity index (χ0v) is 19.8. The van der Waals surface area contributed by atoms with Gasteiger partial charge in [-0.25, -0.2) is 15.0 Å². The van der Waals surface area contributed by atoms with Gasteiger partial charge in [0.15, 0.2) is 0 Å². The molecule has 6 nitrogen and oxygen atoms in total. The van der Waals surface area contributed by atoms with Crippen molar-refractivity contribution in [2.45, 2.75) is 31.6 Å². The number of hydrogen-bond donors (Lipinski definition) is 1. The second-order valence-corrected chi connectivity index (χ2v) is 9.72. The van der Waals surface area contributed by atoms with Crippen molar-refractivity contribution in [2.75, 3.05) is 18.9 Å². The van der Waals surface area contributed by atoms with Crippen LogP contribution >= 0.6 is 11.3 Å². The minimum atomic E-state index is -0.554. The summed E-state index contributed by atoms with van der Waals surface area (Å²) < 4.78 is 5.64. The van der Waals surface area contributed by atoms with Crippen LogP contribution in [-0.4, -0.2) is 33.9 Å². The maximum atomic E-state index is 13.8. The molecule has 0 bridgehead atoms. The Morgan fingerprint density at radius 3 is 2.44 bits per heavy atom. The van der Waals surface area contributed by atoms with Crippen molar-refractivity contribution in [2.24, 2.45) is 0 Å². The summed E-state index contributed by atoms with van der Waals surface area (Å²) in [5.74, 6) is 0.479. The van der Waals surface area contributed by atoms with Crippen LogP contribution < -0.4 is 5.73 Å². The maximum absolute atomic E-state index is 13.8. The molecule has 0 amide bonds. The van der Waals surface area contributed by atoms with Gasteiger partial charge in [0.05, 0.1) is 16.1 Å². The number of ketones is 1. The number of benzene rings is 2. The van der Waals surface area contributed by atoms with E-state index in [0.717, 1.165) is 38.5 Å². The van der Waals surface area contributed by atoms with E-state index in [0.29, 0.717) is 32.5 Å². The quantitative estimate of drug-likeness (QED) is 0.426. The van der Waals surface area contributed by atoms with Gasteiger partial charge < -0.3 is 10.5 Å². The lowest BCUT2D eigenvalue weighted by molar-refractivity contribution is -0.127. The first kappa shape index (κ1) is 22.4. The first-order valence-corrected chi connectivity index (χ1v) is 12.2. The normalized spacial score (nSPS) is 15.2. The van der Waals surface area contributed by atoms with Crippen LogP contribution in [0.25, 0.3) is 22.4 Å². The van der Waals surface area contributed by atoms with Gasteiger partial charge in [0.25, 0.3) is 0 Å². The molecule has 1 aliphatic rings. The van der Waals surface area contributed by atoms with Crippen molar-refractivity contribution < 1.29 is 9.53 Å². The summed E-state index contributed by atoms with van der Waals surface area (Å²) in [6.45, 7) is 3.16. The van der Waals surface area contributed by atoms with Crippen LogP contribution in [0.1, 0.15) is 29.0 Å². The Kier molecular flexibility index (Phi) is 6.22. The molecule has 4 aromatic rings. The van der Waals surface area contributed by atoms with Gasteiger partial charge >= 0.3 is 0 Å². The number of hydrogen-bond acceptors (Lipinski definition) is 7. The number of aryl methyl sites for hydroxylation is 1. The average Bonchev–Trinajstić information content (AvgIpc) is 3.31. The van der Waals surface area contributed by atoms with E-state index in [1.807, 2.05) is 37.3 Å². The first-order chi connectivity index (χ1) is 16.5. The molecular weight excluding hydrogens is 444 g/mol. The molecule has 0 unspecified atom stereocenters. The van der Waals surface area contributed by atoms with Crippen molar-refractivity contribution in [1.82, 2.24) is 15.0 Å². The van der Waals surface area contributed by atoms with E-state index in [1.165, 1.54) is 0 Å². The molecule has 1 fully saturated rings. The lowest BCUT2D eigenvalue weighted by Gasteiger charge is -2.36. The molecule has 0 spiro atoms. The van der Waals surface area contributed by atoms with Gasteiger partial charge in [0.2, 0.25) is 5.95 Å². The van der Waals surface area contributed by atoms with Crippen molar-refractivity contribution in [1.29, 1.82) is 0 Å². The Hall–Kier alpha value is -3.42. The van der Waals surface area contributed by atoms with Gasteiger partial charge in [-0.3, -0.25) is 4.79 Å². The van der Waals surface area contributed by atoms with Crippen molar-refractivity contribution in [3.8, 4) is 22.4 Å². The number of nitrogens with zero attached hydrogens (tertiary/aromatic N) is 3. The number of carbonyl (C=O) groups is 1. The SMILES string of the molecule is Cc1nc(-c2cccc(CC(=O)C3(c4ccc(-c5cnc(N)nc5)cc4)CCOCC3)c2)cs1. The van der Waals surface area contributed by atoms with Gasteiger partial charge in [-0.15, -0.1) is 11.3 Å². The first-order valence-electron chi connectivity index (χ1n) is 11.3. The highest BCUT2D eigenvalue weighted by Gasteiger charge is 2.41. The summed E-state index contributed by atoms with van der Waals surface area (Å²) >= 11 is 1.63. The molecule has 0 saturated carbocycles. The molecule has 1 saturated heterocycles. The zero-order chi connectivity index (χ0) is 23.5. The largest absolute Gasteiger partial charge is 0.381 e. The number of carbonyl (C=O) groups excluding carboxylic acids is 1. The molecule has 1 aliphatic heterocycles. The predicted molar refractivity (Wildman–Crippen MR) is 135 cm³/mol. The number of nitrogens with two attached hydrogens (primary N) is 1. The smallest absolute Gasteiger partial charge is 0.219 e. The molecule has 34 heavy (non-hydrogen) atoms. The number of ether oxygens (including phenoxy) is 1. The van der Waals surface area contributed by atoms with Gasteiger partial charge in [0.1, 0.15) is 5.78 Å². The molecular formula is C27H26N4O2S. The highest BCUT2D eigenvalue weighted by molar-refractivity contribution is 7.09. The monoisotopic (exact) mass is 470 g/mol. The van der Waals surface area contributed by atoms with E-state index in [-0.39, 0.29) is 11.7 Å². The number of Topliss-reactive ketones (excluding diaryl/α,β-unsaturated/α-hetero) is 1. The van der Waals surface area contributed by atoms with Crippen LogP contribution in [0, 0.1) is 6.92 Å². The van der Waals surface area contributed by atoms with Crippen LogP contribution in [0.15, 0.2) is 66.3 Å². The maximum Gasteiger partial charge on any atom is 0.219 e. The van der Waals surface area contributed by atoms with Gasteiger partial charge in [-0.1, -0.05) is 42.5 Å². The summed E-state index contributed by atoms with van der Waals surface area (Å²) in [4.78, 5) is 26.6. The van der Waals surface area contributed by atoms with E-state index < -0.39 is 5.41 Å². The van der Waals surface area contributed by atoms with E-state index >= 15 is 0 Å². The van der Waals surface area contributed by atoms with Crippen LogP contribution in [0.3, 0.4) is 0 Å². The van der Waals surface area contributed by atoms with Crippen LogP contribution in [-0.2, 0) is 21.4 Å². The third kappa shape index (κ3) is 4.49. The molecule has 3 heterocycles. The highest BCUT2D eigenvalue weighted by Crippen LogP contribution is 2.38. The van der Waals surface area contributed by atoms with E-state index in [1.54, 1.807) is 23.7 Å². The van der Waals surface area contributed by atoms with Crippen LogP contribution in [0.5, 0.6) is 0 Å². The summed E-state index contributed by atoms with van der Waals surface area (Å²) in [5, 5.41) is 3.09. The molecule has 2 aromatic heterocycles. The Morgan fingerprint density at radius 2 is 1.76 bits per heavy atom. The van der Waals surface area contributed by atoms with Crippen molar-refractivity contribution in [3.05, 3.63) is 82.4 Å². The lowest BCUT2D eigenvalue weighted by atomic mass is 9.69. The van der Waals surface area contributed by atoms with Crippen LogP contribution in [0.4, 0.5) is 5.95 Å². The number of thiazole rings is 1. The molecule has 0 radical (unpaired) electrons. The van der Waals surface area contributed by atoms with E-state index in [2.05, 4.69) is 38.5 Å². The fraction of sp³-hybridized carbons (Fsp3) is 0.259. The number of aromatic nitrogens is 3. The Labute approximate surface area is 202 Å². The molecule has 2 aromatic carbocycles. The van der Waals surface area contributed by atoms with Crippen molar-refractivity contribution >= 4 is 23.1 Å². The zero-order valence-electron chi connectivity index (χ0n) is 19.0. The van der Waals surface area contributed by atoms with Gasteiger partial charge in [-0.05, 0) is 42.5 Å². The second-order valence-electron chi connectivity index (χ2n) is 8.65. The number of anilines is 1. The van der Waals surface area contributed by atoms with Crippen molar-refractivity contribution in [3.63, 3.8) is 0 Å². The van der Waals surface area contributed by atoms with Gasteiger partial charge in [-0.2, -0.15) is 0 Å². The minimum Gasteiger partial charge on any atom is -0.381 e. The molecule has 7 heteroatoms. The molecule has 5 rings (SSSR count). The minimum absolute atomic E-state index is 0.228. The lowest BCUT2D eigenvalue weighted by Crippen LogP contribution is -2.42. The number of rotatable bonds is 6. The Balaban J connectivity index is 1.42. The molecule has 0 aliphatic carbocycles. The Morgan fingerprint density at radius 1 is 1.03 bits per heavy atom. The molecule has 2 N–H and O–H groups in total. The fourth-order valence-corrected chi connectivity index (χ4v) is 5.23. The molecule has 0 atom stereocenters.